The van der Waals surface area contributed by atoms with E-state index in [0.29, 0.717) is 6.54 Å². The number of benzene rings is 1. The molecule has 1 heterocycles. The van der Waals surface area contributed by atoms with E-state index in [0.717, 1.165) is 16.3 Å². The lowest BCUT2D eigenvalue weighted by atomic mass is 10.2. The first-order valence-corrected chi connectivity index (χ1v) is 9.34. The summed E-state index contributed by atoms with van der Waals surface area (Å²) in [6.07, 6.45) is 1.86. The normalized spacial score (nSPS) is 12.1. The van der Waals surface area contributed by atoms with Crippen molar-refractivity contribution in [1.29, 1.82) is 0 Å². The molecule has 23 heavy (non-hydrogen) atoms. The van der Waals surface area contributed by atoms with Crippen molar-refractivity contribution in [2.45, 2.75) is 17.9 Å². The van der Waals surface area contributed by atoms with Crippen molar-refractivity contribution in [3.63, 3.8) is 0 Å². The SMILES string of the molecule is C=CCSc1ccccc1NC(=O)CN(C)C(C)c1cccs1. The van der Waals surface area contributed by atoms with Gasteiger partial charge < -0.3 is 5.32 Å². The van der Waals surface area contributed by atoms with Crippen LogP contribution in [-0.4, -0.2) is 30.2 Å². The fourth-order valence-corrected chi connectivity index (χ4v) is 3.74. The van der Waals surface area contributed by atoms with Crippen LogP contribution in [0.25, 0.3) is 0 Å². The highest BCUT2D eigenvalue weighted by Gasteiger charge is 2.16. The molecular weight excluding hydrogens is 324 g/mol. The van der Waals surface area contributed by atoms with E-state index in [4.69, 9.17) is 0 Å². The minimum Gasteiger partial charge on any atom is -0.324 e. The van der Waals surface area contributed by atoms with Crippen LogP contribution in [0.4, 0.5) is 5.69 Å². The summed E-state index contributed by atoms with van der Waals surface area (Å²) in [5, 5.41) is 5.08. The maximum Gasteiger partial charge on any atom is 0.238 e. The Balaban J connectivity index is 1.95. The fraction of sp³-hybridized carbons (Fsp3) is 0.278. The molecule has 1 unspecified atom stereocenters. The van der Waals surface area contributed by atoms with Crippen molar-refractivity contribution in [1.82, 2.24) is 4.90 Å². The van der Waals surface area contributed by atoms with Gasteiger partial charge >= 0.3 is 0 Å². The van der Waals surface area contributed by atoms with E-state index in [1.807, 2.05) is 43.5 Å². The summed E-state index contributed by atoms with van der Waals surface area (Å²) in [4.78, 5) is 16.7. The number of rotatable bonds is 8. The maximum absolute atomic E-state index is 12.3. The highest BCUT2D eigenvalue weighted by atomic mass is 32.2. The first-order chi connectivity index (χ1) is 11.1. The van der Waals surface area contributed by atoms with Crippen molar-refractivity contribution < 1.29 is 4.79 Å². The third-order valence-corrected chi connectivity index (χ3v) is 5.64. The van der Waals surface area contributed by atoms with Gasteiger partial charge in [-0.05, 0) is 37.6 Å². The van der Waals surface area contributed by atoms with Crippen molar-refractivity contribution in [2.24, 2.45) is 0 Å². The molecule has 1 aromatic carbocycles. The van der Waals surface area contributed by atoms with Crippen molar-refractivity contribution >= 4 is 34.7 Å². The molecule has 1 N–H and O–H groups in total. The van der Waals surface area contributed by atoms with Gasteiger partial charge in [0.2, 0.25) is 5.91 Å². The Bertz CT molecular complexity index is 640. The van der Waals surface area contributed by atoms with Crippen LogP contribution in [0.1, 0.15) is 17.8 Å². The molecule has 0 fully saturated rings. The molecule has 122 valence electrons. The van der Waals surface area contributed by atoms with Crippen LogP contribution in [0.3, 0.4) is 0 Å². The lowest BCUT2D eigenvalue weighted by Gasteiger charge is -2.23. The average Bonchev–Trinajstić information content (AvgIpc) is 3.07. The molecular formula is C18H22N2OS2. The molecule has 3 nitrogen and oxygen atoms in total. The van der Waals surface area contributed by atoms with Gasteiger partial charge in [0, 0.05) is 21.6 Å². The van der Waals surface area contributed by atoms with Gasteiger partial charge in [0.05, 0.1) is 12.2 Å². The van der Waals surface area contributed by atoms with E-state index < -0.39 is 0 Å². The predicted molar refractivity (Wildman–Crippen MR) is 101 cm³/mol. The molecule has 5 heteroatoms. The molecule has 1 aromatic heterocycles. The van der Waals surface area contributed by atoms with E-state index in [1.165, 1.54) is 4.88 Å². The molecule has 0 saturated carbocycles. The molecule has 0 radical (unpaired) electrons. The first-order valence-electron chi connectivity index (χ1n) is 7.48. The van der Waals surface area contributed by atoms with Gasteiger partial charge in [0.1, 0.15) is 0 Å². The maximum atomic E-state index is 12.3. The van der Waals surface area contributed by atoms with E-state index in [1.54, 1.807) is 23.1 Å². The summed E-state index contributed by atoms with van der Waals surface area (Å²) in [7, 11) is 1.97. The third-order valence-electron chi connectivity index (χ3n) is 3.53. The molecule has 0 aliphatic rings. The number of thiophene rings is 1. The highest BCUT2D eigenvalue weighted by molar-refractivity contribution is 7.99. The van der Waals surface area contributed by atoms with E-state index in [-0.39, 0.29) is 11.9 Å². The smallest absolute Gasteiger partial charge is 0.238 e. The van der Waals surface area contributed by atoms with E-state index in [2.05, 4.69) is 35.2 Å². The second-order valence-electron chi connectivity index (χ2n) is 5.25. The average molecular weight is 347 g/mol. The minimum absolute atomic E-state index is 0.00237. The van der Waals surface area contributed by atoms with Crippen LogP contribution in [0, 0.1) is 0 Å². The van der Waals surface area contributed by atoms with Crippen molar-refractivity contribution in [3.05, 3.63) is 59.3 Å². The zero-order valence-corrected chi connectivity index (χ0v) is 15.1. The highest BCUT2D eigenvalue weighted by Crippen LogP contribution is 2.27. The van der Waals surface area contributed by atoms with Crippen LogP contribution in [0.15, 0.2) is 59.3 Å². The number of carbonyl (C=O) groups excluding carboxylic acids is 1. The predicted octanol–water partition coefficient (Wildman–Crippen LogP) is 4.66. The third kappa shape index (κ3) is 5.23. The van der Waals surface area contributed by atoms with Gasteiger partial charge in [-0.15, -0.1) is 29.7 Å². The van der Waals surface area contributed by atoms with Crippen LogP contribution < -0.4 is 5.32 Å². The number of nitrogens with zero attached hydrogens (tertiary/aromatic N) is 1. The lowest BCUT2D eigenvalue weighted by Crippen LogP contribution is -2.32. The number of hydrogen-bond donors (Lipinski definition) is 1. The van der Waals surface area contributed by atoms with Crippen molar-refractivity contribution in [3.8, 4) is 0 Å². The van der Waals surface area contributed by atoms with Gasteiger partial charge in [-0.2, -0.15) is 0 Å². The van der Waals surface area contributed by atoms with Gasteiger partial charge in [0.15, 0.2) is 0 Å². The van der Waals surface area contributed by atoms with Gasteiger partial charge in [-0.25, -0.2) is 0 Å². The Labute approximate surface area is 146 Å². The summed E-state index contributed by atoms with van der Waals surface area (Å²) in [6.45, 7) is 6.21. The van der Waals surface area contributed by atoms with Gasteiger partial charge in [0.25, 0.3) is 0 Å². The number of nitrogens with one attached hydrogen (secondary N) is 1. The number of para-hydroxylation sites is 1. The van der Waals surface area contributed by atoms with Crippen LogP contribution in [0.5, 0.6) is 0 Å². The van der Waals surface area contributed by atoms with Crippen LogP contribution >= 0.6 is 23.1 Å². The fourth-order valence-electron chi connectivity index (χ4n) is 2.14. The first kappa shape index (κ1) is 17.8. The van der Waals surface area contributed by atoms with Crippen LogP contribution in [0.2, 0.25) is 0 Å². The molecule has 0 spiro atoms. The largest absolute Gasteiger partial charge is 0.324 e. The number of thioether (sulfide) groups is 1. The Kier molecular flexibility index (Phi) is 6.89. The number of amides is 1. The quantitative estimate of drug-likeness (QED) is 0.557. The topological polar surface area (TPSA) is 32.3 Å². The van der Waals surface area contributed by atoms with Crippen molar-refractivity contribution in [2.75, 3.05) is 24.7 Å². The second-order valence-corrected chi connectivity index (χ2v) is 7.29. The number of likely N-dealkylation sites (N-methyl/N-ethyl adjacent to an activating group) is 1. The molecule has 0 aliphatic carbocycles. The van der Waals surface area contributed by atoms with E-state index in [9.17, 15) is 4.79 Å². The summed E-state index contributed by atoms with van der Waals surface area (Å²) < 4.78 is 0. The molecule has 2 rings (SSSR count). The number of hydrogen-bond acceptors (Lipinski definition) is 4. The molecule has 0 saturated heterocycles. The minimum atomic E-state index is 0.00237. The number of carbonyl (C=O) groups is 1. The van der Waals surface area contributed by atoms with Crippen LogP contribution in [-0.2, 0) is 4.79 Å². The lowest BCUT2D eigenvalue weighted by molar-refractivity contribution is -0.117. The number of anilines is 1. The molecule has 1 atom stereocenters. The van der Waals surface area contributed by atoms with Gasteiger partial charge in [-0.3, -0.25) is 9.69 Å². The Morgan fingerprint density at radius 3 is 2.87 bits per heavy atom. The second kappa shape index (κ2) is 8.91. The summed E-state index contributed by atoms with van der Waals surface area (Å²) >= 11 is 3.38. The summed E-state index contributed by atoms with van der Waals surface area (Å²) in [6, 6.07) is 12.2. The van der Waals surface area contributed by atoms with E-state index >= 15 is 0 Å². The van der Waals surface area contributed by atoms with Gasteiger partial charge in [-0.1, -0.05) is 24.3 Å². The Hall–Kier alpha value is -1.56. The molecule has 0 bridgehead atoms. The Morgan fingerprint density at radius 2 is 2.17 bits per heavy atom. The zero-order chi connectivity index (χ0) is 16.7. The summed E-state index contributed by atoms with van der Waals surface area (Å²) in [5.74, 6) is 0.824. The summed E-state index contributed by atoms with van der Waals surface area (Å²) in [5.41, 5.74) is 0.863. The Morgan fingerprint density at radius 1 is 1.39 bits per heavy atom. The molecule has 1 amide bonds. The monoisotopic (exact) mass is 346 g/mol. The zero-order valence-electron chi connectivity index (χ0n) is 13.5. The molecule has 0 aliphatic heterocycles. The standard InChI is InChI=1S/C18H22N2OS2/c1-4-11-22-17-9-6-5-8-15(17)19-18(21)13-20(3)14(2)16-10-7-12-23-16/h4-10,12,14H,1,11,13H2,2-3H3,(H,19,21). The molecule has 2 aromatic rings.